The lowest BCUT2D eigenvalue weighted by molar-refractivity contribution is -0.132. The Morgan fingerprint density at radius 1 is 1.19 bits per heavy atom. The number of Topliss-reactive ketones (excluding diaryl/α,β-unsaturated/α-hetero) is 1. The molecule has 0 saturated carbocycles. The van der Waals surface area contributed by atoms with Crippen molar-refractivity contribution in [2.75, 3.05) is 20.8 Å². The third-order valence-corrected chi connectivity index (χ3v) is 5.64. The van der Waals surface area contributed by atoms with Gasteiger partial charge in [0, 0.05) is 24.9 Å². The Labute approximate surface area is 157 Å². The van der Waals surface area contributed by atoms with E-state index < -0.39 is 0 Å². The lowest BCUT2D eigenvalue weighted by Gasteiger charge is -2.26. The Bertz CT molecular complexity index is 772. The van der Waals surface area contributed by atoms with Gasteiger partial charge in [0.2, 0.25) is 5.91 Å². The fourth-order valence-corrected chi connectivity index (χ4v) is 4.11. The van der Waals surface area contributed by atoms with Crippen LogP contribution in [0.5, 0.6) is 11.5 Å². The number of ketones is 1. The summed E-state index contributed by atoms with van der Waals surface area (Å²) in [4.78, 5) is 27.5. The number of methoxy groups -OCH3 is 2. The highest BCUT2D eigenvalue weighted by Crippen LogP contribution is 2.39. The Morgan fingerprint density at radius 3 is 2.73 bits per heavy atom. The van der Waals surface area contributed by atoms with E-state index in [2.05, 4.69) is 0 Å². The number of benzene rings is 1. The third kappa shape index (κ3) is 3.90. The van der Waals surface area contributed by atoms with Crippen LogP contribution in [0.2, 0.25) is 0 Å². The first-order valence-corrected chi connectivity index (χ1v) is 9.60. The number of nitrogens with zero attached hydrogens (tertiary/aromatic N) is 1. The number of thiophene rings is 1. The topological polar surface area (TPSA) is 55.8 Å². The van der Waals surface area contributed by atoms with Crippen LogP contribution in [-0.2, 0) is 4.79 Å². The third-order valence-electron chi connectivity index (χ3n) is 4.73. The van der Waals surface area contributed by atoms with Gasteiger partial charge in [0.25, 0.3) is 0 Å². The molecule has 2 heterocycles. The molecular weight excluding hydrogens is 350 g/mol. The molecule has 26 heavy (non-hydrogen) atoms. The second kappa shape index (κ2) is 8.36. The van der Waals surface area contributed by atoms with E-state index >= 15 is 0 Å². The van der Waals surface area contributed by atoms with E-state index in [1.807, 2.05) is 34.5 Å². The average Bonchev–Trinajstić information content (AvgIpc) is 3.37. The van der Waals surface area contributed by atoms with Gasteiger partial charge in [-0.15, -0.1) is 11.3 Å². The van der Waals surface area contributed by atoms with Crippen molar-refractivity contribution in [2.24, 2.45) is 0 Å². The summed E-state index contributed by atoms with van der Waals surface area (Å²) in [7, 11) is 3.26. The standard InChI is InChI=1S/C20H23NO4S/c1-24-14-7-9-18(25-2)15(13-14)16-5-3-11-21(16)20(23)10-8-17(22)19-6-4-12-26-19/h4,6-7,9,12-13,16H,3,5,8,10-11H2,1-2H3. The number of carbonyl (C=O) groups excluding carboxylic acids is 2. The van der Waals surface area contributed by atoms with Crippen LogP contribution in [0.1, 0.15) is 47.0 Å². The molecule has 1 atom stereocenters. The average molecular weight is 373 g/mol. The summed E-state index contributed by atoms with van der Waals surface area (Å²) in [6, 6.07) is 9.27. The number of likely N-dealkylation sites (tertiary alicyclic amines) is 1. The smallest absolute Gasteiger partial charge is 0.223 e. The number of amides is 1. The highest BCUT2D eigenvalue weighted by molar-refractivity contribution is 7.12. The van der Waals surface area contributed by atoms with Gasteiger partial charge in [0.15, 0.2) is 5.78 Å². The maximum atomic E-state index is 12.8. The van der Waals surface area contributed by atoms with Crippen molar-refractivity contribution in [2.45, 2.75) is 31.7 Å². The molecule has 0 spiro atoms. The van der Waals surface area contributed by atoms with Crippen molar-refractivity contribution in [1.29, 1.82) is 0 Å². The van der Waals surface area contributed by atoms with Crippen molar-refractivity contribution in [3.8, 4) is 11.5 Å². The van der Waals surface area contributed by atoms with E-state index in [-0.39, 0.29) is 30.6 Å². The Balaban J connectivity index is 1.71. The fraction of sp³-hybridized carbons (Fsp3) is 0.400. The summed E-state index contributed by atoms with van der Waals surface area (Å²) in [5.41, 5.74) is 0.960. The summed E-state index contributed by atoms with van der Waals surface area (Å²) in [6.07, 6.45) is 2.31. The Morgan fingerprint density at radius 2 is 2.04 bits per heavy atom. The zero-order valence-corrected chi connectivity index (χ0v) is 15.9. The second-order valence-corrected chi connectivity index (χ2v) is 7.20. The normalized spacial score (nSPS) is 16.5. The first kappa shape index (κ1) is 18.5. The van der Waals surface area contributed by atoms with Crippen LogP contribution < -0.4 is 9.47 Å². The van der Waals surface area contributed by atoms with Gasteiger partial charge in [0.1, 0.15) is 11.5 Å². The molecular formula is C20H23NO4S. The lowest BCUT2D eigenvalue weighted by atomic mass is 10.0. The Kier molecular flexibility index (Phi) is 5.93. The van der Waals surface area contributed by atoms with Crippen LogP contribution in [0.3, 0.4) is 0 Å². The van der Waals surface area contributed by atoms with Gasteiger partial charge in [-0.1, -0.05) is 6.07 Å². The van der Waals surface area contributed by atoms with Crippen LogP contribution in [-0.4, -0.2) is 37.4 Å². The van der Waals surface area contributed by atoms with Crippen LogP contribution in [0.4, 0.5) is 0 Å². The van der Waals surface area contributed by atoms with Gasteiger partial charge in [-0.2, -0.15) is 0 Å². The molecule has 0 aliphatic carbocycles. The van der Waals surface area contributed by atoms with Crippen LogP contribution >= 0.6 is 11.3 Å². The van der Waals surface area contributed by atoms with Crippen LogP contribution in [0.15, 0.2) is 35.7 Å². The fourth-order valence-electron chi connectivity index (χ4n) is 3.41. The summed E-state index contributed by atoms with van der Waals surface area (Å²) < 4.78 is 10.8. The SMILES string of the molecule is COc1ccc(OC)c(C2CCCN2C(=O)CCC(=O)c2cccs2)c1. The predicted molar refractivity (Wildman–Crippen MR) is 101 cm³/mol. The van der Waals surface area contributed by atoms with Crippen molar-refractivity contribution >= 4 is 23.0 Å². The zero-order chi connectivity index (χ0) is 18.5. The quantitative estimate of drug-likeness (QED) is 0.686. The summed E-state index contributed by atoms with van der Waals surface area (Å²) in [6.45, 7) is 0.705. The monoisotopic (exact) mass is 373 g/mol. The number of ether oxygens (including phenoxy) is 2. The molecule has 138 valence electrons. The Hall–Kier alpha value is -2.34. The lowest BCUT2D eigenvalue weighted by Crippen LogP contribution is -2.31. The minimum absolute atomic E-state index is 0.0160. The molecule has 5 nitrogen and oxygen atoms in total. The molecule has 3 rings (SSSR count). The van der Waals surface area contributed by atoms with E-state index in [9.17, 15) is 9.59 Å². The largest absolute Gasteiger partial charge is 0.497 e. The number of rotatable bonds is 7. The summed E-state index contributed by atoms with van der Waals surface area (Å²) in [5.74, 6) is 1.54. The molecule has 1 amide bonds. The van der Waals surface area contributed by atoms with E-state index in [1.54, 1.807) is 20.3 Å². The molecule has 1 aromatic heterocycles. The number of hydrogen-bond donors (Lipinski definition) is 0. The summed E-state index contributed by atoms with van der Waals surface area (Å²) >= 11 is 1.42. The van der Waals surface area contributed by atoms with Gasteiger partial charge in [-0.25, -0.2) is 0 Å². The maximum absolute atomic E-state index is 12.8. The molecule has 6 heteroatoms. The maximum Gasteiger partial charge on any atom is 0.223 e. The number of hydrogen-bond acceptors (Lipinski definition) is 5. The molecule has 1 aromatic carbocycles. The first-order valence-electron chi connectivity index (χ1n) is 8.72. The van der Waals surface area contributed by atoms with Crippen molar-refractivity contribution in [3.63, 3.8) is 0 Å². The summed E-state index contributed by atoms with van der Waals surface area (Å²) in [5, 5.41) is 1.88. The predicted octanol–water partition coefficient (Wildman–Crippen LogP) is 4.09. The molecule has 0 radical (unpaired) electrons. The van der Waals surface area contributed by atoms with E-state index in [1.165, 1.54) is 11.3 Å². The molecule has 1 fully saturated rings. The van der Waals surface area contributed by atoms with E-state index in [4.69, 9.17) is 9.47 Å². The van der Waals surface area contributed by atoms with Crippen molar-refractivity contribution in [3.05, 3.63) is 46.2 Å². The van der Waals surface area contributed by atoms with Gasteiger partial charge in [-0.05, 0) is 42.5 Å². The highest BCUT2D eigenvalue weighted by atomic mass is 32.1. The van der Waals surface area contributed by atoms with Gasteiger partial charge >= 0.3 is 0 Å². The van der Waals surface area contributed by atoms with Crippen molar-refractivity contribution < 1.29 is 19.1 Å². The molecule has 1 aliphatic rings. The van der Waals surface area contributed by atoms with Crippen LogP contribution in [0.25, 0.3) is 0 Å². The second-order valence-electron chi connectivity index (χ2n) is 6.25. The van der Waals surface area contributed by atoms with E-state index in [0.717, 1.165) is 29.9 Å². The minimum Gasteiger partial charge on any atom is -0.497 e. The highest BCUT2D eigenvalue weighted by Gasteiger charge is 2.32. The van der Waals surface area contributed by atoms with E-state index in [0.29, 0.717) is 11.4 Å². The molecule has 0 bridgehead atoms. The molecule has 0 N–H and O–H groups in total. The molecule has 1 saturated heterocycles. The molecule has 1 unspecified atom stereocenters. The zero-order valence-electron chi connectivity index (χ0n) is 15.1. The number of carbonyl (C=O) groups is 2. The van der Waals surface area contributed by atoms with Gasteiger partial charge < -0.3 is 14.4 Å². The minimum atomic E-state index is -0.0376. The van der Waals surface area contributed by atoms with Gasteiger partial charge in [-0.3, -0.25) is 9.59 Å². The molecule has 1 aliphatic heterocycles. The van der Waals surface area contributed by atoms with Gasteiger partial charge in [0.05, 0.1) is 25.1 Å². The first-order chi connectivity index (χ1) is 12.6. The van der Waals surface area contributed by atoms with Crippen molar-refractivity contribution in [1.82, 2.24) is 4.90 Å². The van der Waals surface area contributed by atoms with Crippen LogP contribution in [0, 0.1) is 0 Å². The molecule has 2 aromatic rings.